The summed E-state index contributed by atoms with van der Waals surface area (Å²) in [4.78, 5) is 24.9. The maximum absolute atomic E-state index is 12.7. The molecular weight excluding hydrogens is 448 g/mol. The number of carbonyl (C=O) groups is 2. The molecule has 0 spiro atoms. The molecule has 2 amide bonds. The molecule has 0 unspecified atom stereocenters. The van der Waals surface area contributed by atoms with Gasteiger partial charge in [-0.2, -0.15) is 0 Å². The van der Waals surface area contributed by atoms with Crippen molar-refractivity contribution in [1.29, 1.82) is 0 Å². The molecule has 5 rings (SSSR count). The molecule has 2 aliphatic heterocycles. The summed E-state index contributed by atoms with van der Waals surface area (Å²) in [5, 5.41) is 15.9. The molecule has 0 radical (unpaired) electrons. The van der Waals surface area contributed by atoms with E-state index in [0.29, 0.717) is 25.3 Å². The number of rotatable bonds is 9. The maximum Gasteiger partial charge on any atom is 0.224 e. The Labute approximate surface area is 205 Å². The van der Waals surface area contributed by atoms with Gasteiger partial charge < -0.3 is 30.0 Å². The Hall–Kier alpha value is -3.10. The Bertz CT molecular complexity index is 1070. The largest absolute Gasteiger partial charge is 0.497 e. The molecule has 2 aromatic rings. The first-order valence-electron chi connectivity index (χ1n) is 12.3. The monoisotopic (exact) mass is 480 g/mol. The first-order valence-corrected chi connectivity index (χ1v) is 12.3. The third-order valence-corrected chi connectivity index (χ3v) is 7.02. The smallest absolute Gasteiger partial charge is 0.224 e. The van der Waals surface area contributed by atoms with Crippen molar-refractivity contribution in [1.82, 2.24) is 5.32 Å². The van der Waals surface area contributed by atoms with Crippen LogP contribution in [-0.4, -0.2) is 48.9 Å². The summed E-state index contributed by atoms with van der Waals surface area (Å²) < 4.78 is 17.3. The third-order valence-electron chi connectivity index (χ3n) is 7.02. The molecule has 35 heavy (non-hydrogen) atoms. The second kappa shape index (κ2) is 10.3. The number of amides is 2. The molecule has 3 aliphatic rings. The lowest BCUT2D eigenvalue weighted by Crippen LogP contribution is -2.47. The van der Waals surface area contributed by atoms with Gasteiger partial charge in [0.05, 0.1) is 26.2 Å². The molecule has 2 heterocycles. The molecule has 4 atom stereocenters. The Morgan fingerprint density at radius 2 is 1.89 bits per heavy atom. The number of benzene rings is 2. The number of anilines is 1. The SMILES string of the molecule is COc1ccc(CNC(=O)C[C@H]2C[C@@H]3c4cc(NC(=O)CC5CC5)ccc4O[C@@H]3[C@@H](CO)O2)cc1. The van der Waals surface area contributed by atoms with E-state index in [0.717, 1.165) is 41.2 Å². The molecule has 8 nitrogen and oxygen atoms in total. The molecule has 3 N–H and O–H groups in total. The minimum absolute atomic E-state index is 0.0180. The first kappa shape index (κ1) is 23.6. The third kappa shape index (κ3) is 5.60. The average Bonchev–Trinajstić information content (AvgIpc) is 3.60. The van der Waals surface area contributed by atoms with Crippen LogP contribution in [0, 0.1) is 5.92 Å². The molecule has 2 fully saturated rings. The molecule has 1 saturated heterocycles. The van der Waals surface area contributed by atoms with Crippen molar-refractivity contribution in [2.45, 2.75) is 62.9 Å². The van der Waals surface area contributed by atoms with Crippen molar-refractivity contribution in [2.75, 3.05) is 19.0 Å². The van der Waals surface area contributed by atoms with Crippen LogP contribution in [0.3, 0.4) is 0 Å². The predicted molar refractivity (Wildman–Crippen MR) is 129 cm³/mol. The summed E-state index contributed by atoms with van der Waals surface area (Å²) in [5.41, 5.74) is 2.72. The van der Waals surface area contributed by atoms with Gasteiger partial charge in [-0.15, -0.1) is 0 Å². The van der Waals surface area contributed by atoms with Crippen LogP contribution in [0.25, 0.3) is 0 Å². The van der Waals surface area contributed by atoms with E-state index in [2.05, 4.69) is 10.6 Å². The second-order valence-electron chi connectivity index (χ2n) is 9.68. The lowest BCUT2D eigenvalue weighted by atomic mass is 9.84. The van der Waals surface area contributed by atoms with E-state index in [9.17, 15) is 14.7 Å². The number of hydrogen-bond donors (Lipinski definition) is 3. The van der Waals surface area contributed by atoms with Crippen LogP contribution in [0.2, 0.25) is 0 Å². The van der Waals surface area contributed by atoms with Crippen LogP contribution in [-0.2, 0) is 20.9 Å². The van der Waals surface area contributed by atoms with Crippen molar-refractivity contribution in [3.63, 3.8) is 0 Å². The molecule has 8 heteroatoms. The van der Waals surface area contributed by atoms with Gasteiger partial charge in [0.1, 0.15) is 23.7 Å². The highest BCUT2D eigenvalue weighted by molar-refractivity contribution is 5.91. The zero-order chi connectivity index (χ0) is 24.4. The van der Waals surface area contributed by atoms with Gasteiger partial charge >= 0.3 is 0 Å². The van der Waals surface area contributed by atoms with E-state index in [1.54, 1.807) is 7.11 Å². The van der Waals surface area contributed by atoms with Crippen molar-refractivity contribution < 1.29 is 28.9 Å². The van der Waals surface area contributed by atoms with Crippen LogP contribution in [0.5, 0.6) is 11.5 Å². The Morgan fingerprint density at radius 3 is 2.60 bits per heavy atom. The quantitative estimate of drug-likeness (QED) is 0.509. The van der Waals surface area contributed by atoms with Gasteiger partial charge in [0.25, 0.3) is 0 Å². The van der Waals surface area contributed by atoms with Gasteiger partial charge in [-0.05, 0) is 61.1 Å². The number of methoxy groups -OCH3 is 1. The number of aliphatic hydroxyl groups is 1. The highest BCUT2D eigenvalue weighted by atomic mass is 16.6. The fourth-order valence-electron chi connectivity index (χ4n) is 4.99. The number of ether oxygens (including phenoxy) is 3. The fourth-order valence-corrected chi connectivity index (χ4v) is 4.99. The predicted octanol–water partition coefficient (Wildman–Crippen LogP) is 3.13. The van der Waals surface area contributed by atoms with Crippen molar-refractivity contribution in [3.8, 4) is 11.5 Å². The molecule has 1 aliphatic carbocycles. The topological polar surface area (TPSA) is 106 Å². The van der Waals surface area contributed by atoms with Crippen LogP contribution in [0.15, 0.2) is 42.5 Å². The van der Waals surface area contributed by atoms with Crippen LogP contribution < -0.4 is 20.1 Å². The minimum atomic E-state index is -0.520. The summed E-state index contributed by atoms with van der Waals surface area (Å²) in [6.07, 6.45) is 2.45. The molecule has 2 aromatic carbocycles. The molecule has 1 saturated carbocycles. The highest BCUT2D eigenvalue weighted by Gasteiger charge is 2.46. The first-order chi connectivity index (χ1) is 17.0. The Kier molecular flexibility index (Phi) is 6.92. The molecule has 0 bridgehead atoms. The minimum Gasteiger partial charge on any atom is -0.497 e. The van der Waals surface area contributed by atoms with Gasteiger partial charge in [-0.3, -0.25) is 9.59 Å². The maximum atomic E-state index is 12.7. The number of carbonyl (C=O) groups excluding carboxylic acids is 2. The normalized spacial score (nSPS) is 24.6. The Morgan fingerprint density at radius 1 is 1.09 bits per heavy atom. The lowest BCUT2D eigenvalue weighted by molar-refractivity contribution is -0.142. The number of aliphatic hydroxyl groups excluding tert-OH is 1. The van der Waals surface area contributed by atoms with Gasteiger partial charge in [0.15, 0.2) is 0 Å². The summed E-state index contributed by atoms with van der Waals surface area (Å²) in [7, 11) is 1.62. The average molecular weight is 481 g/mol. The molecular formula is C27H32N2O6. The van der Waals surface area contributed by atoms with Crippen LogP contribution in [0.1, 0.15) is 49.1 Å². The van der Waals surface area contributed by atoms with Gasteiger partial charge in [-0.1, -0.05) is 12.1 Å². The van der Waals surface area contributed by atoms with Gasteiger partial charge in [0, 0.05) is 30.1 Å². The lowest BCUT2D eigenvalue weighted by Gasteiger charge is -2.37. The van der Waals surface area contributed by atoms with E-state index in [1.165, 1.54) is 0 Å². The van der Waals surface area contributed by atoms with Crippen LogP contribution in [0.4, 0.5) is 5.69 Å². The van der Waals surface area contributed by atoms with Gasteiger partial charge in [-0.25, -0.2) is 0 Å². The van der Waals surface area contributed by atoms with E-state index in [4.69, 9.17) is 14.2 Å². The summed E-state index contributed by atoms with van der Waals surface area (Å²) in [6.45, 7) is 0.227. The summed E-state index contributed by atoms with van der Waals surface area (Å²) in [5.74, 6) is 1.94. The number of hydrogen-bond acceptors (Lipinski definition) is 6. The van der Waals surface area contributed by atoms with Crippen molar-refractivity contribution in [3.05, 3.63) is 53.6 Å². The van der Waals surface area contributed by atoms with E-state index in [-0.39, 0.29) is 43.0 Å². The fraction of sp³-hybridized carbons (Fsp3) is 0.481. The standard InChI is InChI=1S/C27H32N2O6/c1-33-19-7-4-17(5-8-19)14-28-25(31)13-20-12-22-21-11-18(29-26(32)10-16-2-3-16)6-9-23(21)35-27(22)24(15-30)34-20/h4-9,11,16,20,22,24,27,30H,2-3,10,12-15H2,1H3,(H,28,31)(H,29,32)/t20-,22-,24-,27+/m1/s1. The van der Waals surface area contributed by atoms with Crippen LogP contribution >= 0.6 is 0 Å². The highest BCUT2D eigenvalue weighted by Crippen LogP contribution is 2.47. The number of nitrogens with one attached hydrogen (secondary N) is 2. The molecule has 186 valence electrons. The summed E-state index contributed by atoms with van der Waals surface area (Å²) >= 11 is 0. The molecule has 0 aromatic heterocycles. The Balaban J connectivity index is 1.21. The number of fused-ring (bicyclic) bond motifs is 3. The van der Waals surface area contributed by atoms with E-state index < -0.39 is 6.10 Å². The zero-order valence-corrected chi connectivity index (χ0v) is 19.9. The van der Waals surface area contributed by atoms with E-state index >= 15 is 0 Å². The zero-order valence-electron chi connectivity index (χ0n) is 19.9. The van der Waals surface area contributed by atoms with Crippen molar-refractivity contribution in [2.24, 2.45) is 5.92 Å². The van der Waals surface area contributed by atoms with E-state index in [1.807, 2.05) is 42.5 Å². The van der Waals surface area contributed by atoms with Gasteiger partial charge in [0.2, 0.25) is 11.8 Å². The second-order valence-corrected chi connectivity index (χ2v) is 9.68. The van der Waals surface area contributed by atoms with Crippen molar-refractivity contribution >= 4 is 17.5 Å². The summed E-state index contributed by atoms with van der Waals surface area (Å²) in [6, 6.07) is 13.2.